The summed E-state index contributed by atoms with van der Waals surface area (Å²) in [5.41, 5.74) is 13.0. The van der Waals surface area contributed by atoms with Crippen LogP contribution in [0.1, 0.15) is 29.5 Å². The Balaban J connectivity index is 1.64. The van der Waals surface area contributed by atoms with Gasteiger partial charge in [0.05, 0.1) is 12.1 Å². The lowest BCUT2D eigenvalue weighted by Crippen LogP contribution is -2.51. The number of nitrogens with zero attached hydrogens (tertiary/aromatic N) is 2. The molecule has 0 radical (unpaired) electrons. The third-order valence-corrected chi connectivity index (χ3v) is 7.98. The van der Waals surface area contributed by atoms with E-state index in [1.807, 2.05) is 24.0 Å². The maximum Gasteiger partial charge on any atom is 0.237 e. The number of thiophene rings is 1. The van der Waals surface area contributed by atoms with Gasteiger partial charge in [-0.05, 0) is 66.2 Å². The number of carbonyl (C=O) groups is 2. The molecule has 2 unspecified atom stereocenters. The van der Waals surface area contributed by atoms with Crippen LogP contribution in [0.15, 0.2) is 22.7 Å². The van der Waals surface area contributed by atoms with Crippen molar-refractivity contribution < 1.29 is 9.59 Å². The normalized spacial score (nSPS) is 20.3. The number of nitrogen functional groups attached to an aromatic ring is 1. The molecule has 30 heavy (non-hydrogen) atoms. The fraction of sp³-hybridized carbons (Fsp3) is 0.450. The highest BCUT2D eigenvalue weighted by atomic mass is 79.9. The molecule has 3 rings (SSSR count). The summed E-state index contributed by atoms with van der Waals surface area (Å²) in [5, 5.41) is 2.94. The van der Waals surface area contributed by atoms with Crippen molar-refractivity contribution in [3.63, 3.8) is 0 Å². The Bertz CT molecular complexity index is 934. The van der Waals surface area contributed by atoms with Crippen LogP contribution in [0, 0.1) is 12.8 Å². The number of rotatable bonds is 7. The highest BCUT2D eigenvalue weighted by Crippen LogP contribution is 2.36. The van der Waals surface area contributed by atoms with Crippen LogP contribution in [0.4, 0.5) is 5.82 Å². The van der Waals surface area contributed by atoms with E-state index in [2.05, 4.69) is 26.2 Å². The summed E-state index contributed by atoms with van der Waals surface area (Å²) < 4.78 is 1.59. The SMILES string of the molecule is Cc1nc(N)ccc1CNC(=O)[C@H](C)N1CC(Cc2cc(Br)c(Cl)s2)CC1C(N)=O. The quantitative estimate of drug-likeness (QED) is 0.526. The van der Waals surface area contributed by atoms with E-state index in [0.717, 1.165) is 27.0 Å². The van der Waals surface area contributed by atoms with Crippen molar-refractivity contribution in [1.82, 2.24) is 15.2 Å². The van der Waals surface area contributed by atoms with E-state index >= 15 is 0 Å². The van der Waals surface area contributed by atoms with Crippen molar-refractivity contribution in [2.24, 2.45) is 11.7 Å². The Morgan fingerprint density at radius 3 is 2.80 bits per heavy atom. The molecule has 0 aliphatic carbocycles. The minimum absolute atomic E-state index is 0.153. The van der Waals surface area contributed by atoms with Crippen LogP contribution in [-0.2, 0) is 22.6 Å². The standard InChI is InChI=1S/C20H25BrClN5O2S/c1-10-13(3-4-17(23)26-10)8-25-20(29)11(2)27-9-12(6-16(27)19(24)28)5-14-7-15(21)18(22)30-14/h3-4,7,11-12,16H,5-6,8-9H2,1-2H3,(H2,23,26)(H2,24,28)(H,25,29)/t11-,12?,16?/m0/s1. The summed E-state index contributed by atoms with van der Waals surface area (Å²) in [7, 11) is 0. The van der Waals surface area contributed by atoms with Gasteiger partial charge >= 0.3 is 0 Å². The second kappa shape index (κ2) is 9.64. The van der Waals surface area contributed by atoms with Crippen LogP contribution in [-0.4, -0.2) is 40.3 Å². The number of carbonyl (C=O) groups excluding carboxylic acids is 2. The van der Waals surface area contributed by atoms with Crippen LogP contribution in [0.2, 0.25) is 4.34 Å². The number of primary amides is 1. The lowest BCUT2D eigenvalue weighted by molar-refractivity contribution is -0.129. The molecule has 3 heterocycles. The van der Waals surface area contributed by atoms with Gasteiger partial charge in [0.25, 0.3) is 0 Å². The molecule has 3 atom stereocenters. The van der Waals surface area contributed by atoms with Crippen LogP contribution in [0.3, 0.4) is 0 Å². The molecule has 7 nitrogen and oxygen atoms in total. The molecule has 0 spiro atoms. The molecule has 0 aromatic carbocycles. The second-order valence-electron chi connectivity index (χ2n) is 7.63. The smallest absolute Gasteiger partial charge is 0.237 e. The zero-order valence-electron chi connectivity index (χ0n) is 16.8. The third kappa shape index (κ3) is 5.32. The summed E-state index contributed by atoms with van der Waals surface area (Å²) in [6.45, 7) is 4.63. The van der Waals surface area contributed by atoms with Gasteiger partial charge in [0.15, 0.2) is 0 Å². The molecule has 2 aromatic heterocycles. The number of aryl methyl sites for hydroxylation is 1. The van der Waals surface area contributed by atoms with E-state index in [1.54, 1.807) is 13.0 Å². The van der Waals surface area contributed by atoms with Gasteiger partial charge in [-0.2, -0.15) is 0 Å². The van der Waals surface area contributed by atoms with Crippen molar-refractivity contribution in [1.29, 1.82) is 0 Å². The lowest BCUT2D eigenvalue weighted by atomic mass is 10.0. The number of nitrogens with two attached hydrogens (primary N) is 2. The molecule has 162 valence electrons. The van der Waals surface area contributed by atoms with E-state index in [0.29, 0.717) is 29.7 Å². The van der Waals surface area contributed by atoms with Crippen molar-refractivity contribution in [3.8, 4) is 0 Å². The number of amides is 2. The van der Waals surface area contributed by atoms with Crippen molar-refractivity contribution in [3.05, 3.63) is 43.1 Å². The Morgan fingerprint density at radius 2 is 2.20 bits per heavy atom. The van der Waals surface area contributed by atoms with Crippen molar-refractivity contribution in [2.45, 2.75) is 45.3 Å². The molecule has 2 amide bonds. The molecule has 2 aromatic rings. The van der Waals surface area contributed by atoms with Gasteiger partial charge in [-0.25, -0.2) is 4.98 Å². The van der Waals surface area contributed by atoms with Gasteiger partial charge in [0.1, 0.15) is 10.2 Å². The van der Waals surface area contributed by atoms with Gasteiger partial charge in [-0.1, -0.05) is 17.7 Å². The van der Waals surface area contributed by atoms with Crippen molar-refractivity contribution in [2.75, 3.05) is 12.3 Å². The first kappa shape index (κ1) is 23.0. The summed E-state index contributed by atoms with van der Waals surface area (Å²) in [6.07, 6.45) is 1.42. The fourth-order valence-electron chi connectivity index (χ4n) is 3.86. The van der Waals surface area contributed by atoms with E-state index in [-0.39, 0.29) is 11.8 Å². The Kier molecular flexibility index (Phi) is 7.38. The zero-order valence-corrected chi connectivity index (χ0v) is 20.0. The Hall–Kier alpha value is -1.68. The topological polar surface area (TPSA) is 114 Å². The third-order valence-electron chi connectivity index (χ3n) is 5.49. The van der Waals surface area contributed by atoms with E-state index in [1.165, 1.54) is 11.3 Å². The van der Waals surface area contributed by atoms with E-state index in [9.17, 15) is 9.59 Å². The molecule has 10 heteroatoms. The van der Waals surface area contributed by atoms with Gasteiger partial charge in [-0.15, -0.1) is 11.3 Å². The van der Waals surface area contributed by atoms with Gasteiger partial charge < -0.3 is 16.8 Å². The Labute approximate surface area is 193 Å². The van der Waals surface area contributed by atoms with Crippen LogP contribution in [0.25, 0.3) is 0 Å². The number of anilines is 1. The Morgan fingerprint density at radius 1 is 1.47 bits per heavy atom. The van der Waals surface area contributed by atoms with Crippen molar-refractivity contribution >= 4 is 56.5 Å². The molecule has 1 aliphatic rings. The summed E-state index contributed by atoms with van der Waals surface area (Å²) in [5.74, 6) is 0.117. The predicted molar refractivity (Wildman–Crippen MR) is 123 cm³/mol. The van der Waals surface area contributed by atoms with Crippen LogP contribution < -0.4 is 16.8 Å². The molecule has 1 fully saturated rings. The first-order chi connectivity index (χ1) is 14.2. The summed E-state index contributed by atoms with van der Waals surface area (Å²) in [4.78, 5) is 32.1. The van der Waals surface area contributed by atoms with Gasteiger partial charge in [-0.3, -0.25) is 14.5 Å². The summed E-state index contributed by atoms with van der Waals surface area (Å²) in [6, 6.07) is 4.63. The monoisotopic (exact) mass is 513 g/mol. The molecule has 1 saturated heterocycles. The summed E-state index contributed by atoms with van der Waals surface area (Å²) >= 11 is 11.1. The number of aromatic nitrogens is 1. The second-order valence-corrected chi connectivity index (χ2v) is 10.2. The zero-order chi connectivity index (χ0) is 22.0. The maximum atomic E-state index is 12.8. The number of halogens is 2. The molecule has 1 aliphatic heterocycles. The number of hydrogen-bond donors (Lipinski definition) is 3. The molecular weight excluding hydrogens is 490 g/mol. The average molecular weight is 515 g/mol. The minimum Gasteiger partial charge on any atom is -0.384 e. The lowest BCUT2D eigenvalue weighted by Gasteiger charge is -2.28. The minimum atomic E-state index is -0.479. The number of hydrogen-bond acceptors (Lipinski definition) is 6. The fourth-order valence-corrected chi connectivity index (χ4v) is 5.76. The molecule has 0 saturated carbocycles. The first-order valence-corrected chi connectivity index (χ1v) is 11.6. The highest BCUT2D eigenvalue weighted by Gasteiger charge is 2.40. The van der Waals surface area contributed by atoms with Gasteiger partial charge in [0, 0.05) is 28.1 Å². The van der Waals surface area contributed by atoms with E-state index in [4.69, 9.17) is 23.1 Å². The molecule has 0 bridgehead atoms. The molecule has 5 N–H and O–H groups in total. The number of pyridine rings is 1. The largest absolute Gasteiger partial charge is 0.384 e. The average Bonchev–Trinajstić information content (AvgIpc) is 3.23. The highest BCUT2D eigenvalue weighted by molar-refractivity contribution is 9.10. The number of likely N-dealkylation sites (tertiary alicyclic amines) is 1. The number of nitrogens with one attached hydrogen (secondary N) is 1. The first-order valence-electron chi connectivity index (χ1n) is 9.64. The van der Waals surface area contributed by atoms with E-state index < -0.39 is 18.0 Å². The van der Waals surface area contributed by atoms with Crippen LogP contribution >= 0.6 is 38.9 Å². The van der Waals surface area contributed by atoms with Gasteiger partial charge in [0.2, 0.25) is 11.8 Å². The molecular formula is C20H25BrClN5O2S. The predicted octanol–water partition coefficient (Wildman–Crippen LogP) is 2.87. The maximum absolute atomic E-state index is 12.8. The van der Waals surface area contributed by atoms with Crippen LogP contribution in [0.5, 0.6) is 0 Å².